The summed E-state index contributed by atoms with van der Waals surface area (Å²) in [5.74, 6) is -0.0704. The number of hydrogen-bond acceptors (Lipinski definition) is 5. The van der Waals surface area contributed by atoms with Gasteiger partial charge in [0.1, 0.15) is 6.61 Å². The average Bonchev–Trinajstić information content (AvgIpc) is 2.60. The molecule has 0 bridgehead atoms. The topological polar surface area (TPSA) is 85.3 Å². The van der Waals surface area contributed by atoms with E-state index in [9.17, 15) is 9.59 Å². The second kappa shape index (κ2) is 6.29. The SMILES string of the molecule is COc1cccc2c1OCC(C(=O)N1CCO[C@@H](C(=O)O)C1)=C2. The van der Waals surface area contributed by atoms with Crippen molar-refractivity contribution >= 4 is 18.0 Å². The third-order valence-corrected chi connectivity index (χ3v) is 3.83. The van der Waals surface area contributed by atoms with Gasteiger partial charge in [0.05, 0.1) is 25.8 Å². The summed E-state index contributed by atoms with van der Waals surface area (Å²) in [6.45, 7) is 0.740. The summed E-state index contributed by atoms with van der Waals surface area (Å²) in [4.78, 5) is 25.1. The van der Waals surface area contributed by atoms with Crippen LogP contribution in [0.2, 0.25) is 0 Å². The number of methoxy groups -OCH3 is 1. The predicted molar refractivity (Wildman–Crippen MR) is 80.4 cm³/mol. The first-order chi connectivity index (χ1) is 11.1. The van der Waals surface area contributed by atoms with E-state index in [1.165, 1.54) is 4.90 Å². The van der Waals surface area contributed by atoms with Crippen LogP contribution in [0.3, 0.4) is 0 Å². The molecule has 1 saturated heterocycles. The maximum Gasteiger partial charge on any atom is 0.334 e. The number of carboxylic acids is 1. The monoisotopic (exact) mass is 319 g/mol. The molecule has 23 heavy (non-hydrogen) atoms. The van der Waals surface area contributed by atoms with Crippen LogP contribution in [0, 0.1) is 0 Å². The van der Waals surface area contributed by atoms with Crippen LogP contribution in [0.1, 0.15) is 5.56 Å². The molecule has 0 aromatic heterocycles. The number of rotatable bonds is 3. The minimum absolute atomic E-state index is 0.0382. The molecule has 1 amide bonds. The lowest BCUT2D eigenvalue weighted by Gasteiger charge is -2.32. The minimum atomic E-state index is -1.06. The number of amides is 1. The van der Waals surface area contributed by atoms with Gasteiger partial charge in [-0.25, -0.2) is 4.79 Å². The van der Waals surface area contributed by atoms with Crippen molar-refractivity contribution in [3.05, 3.63) is 29.3 Å². The van der Waals surface area contributed by atoms with Gasteiger partial charge in [0.15, 0.2) is 17.6 Å². The predicted octanol–water partition coefficient (Wildman–Crippen LogP) is 0.783. The molecule has 2 aliphatic rings. The molecule has 1 N–H and O–H groups in total. The van der Waals surface area contributed by atoms with Gasteiger partial charge in [0.25, 0.3) is 5.91 Å². The highest BCUT2D eigenvalue weighted by Crippen LogP contribution is 2.35. The first-order valence-corrected chi connectivity index (χ1v) is 7.24. The quantitative estimate of drug-likeness (QED) is 0.886. The van der Waals surface area contributed by atoms with E-state index in [-0.39, 0.29) is 25.7 Å². The van der Waals surface area contributed by atoms with Crippen LogP contribution >= 0.6 is 0 Å². The largest absolute Gasteiger partial charge is 0.493 e. The van der Waals surface area contributed by atoms with E-state index in [1.54, 1.807) is 19.3 Å². The third kappa shape index (κ3) is 3.00. The molecule has 0 unspecified atom stereocenters. The summed E-state index contributed by atoms with van der Waals surface area (Å²) in [6, 6.07) is 5.45. The average molecular weight is 319 g/mol. The van der Waals surface area contributed by atoms with Crippen molar-refractivity contribution in [3.63, 3.8) is 0 Å². The molecule has 1 atom stereocenters. The van der Waals surface area contributed by atoms with Crippen molar-refractivity contribution in [2.24, 2.45) is 0 Å². The lowest BCUT2D eigenvalue weighted by atomic mass is 10.1. The highest BCUT2D eigenvalue weighted by molar-refractivity contribution is 5.99. The molecule has 7 nitrogen and oxygen atoms in total. The van der Waals surface area contributed by atoms with Gasteiger partial charge in [0.2, 0.25) is 0 Å². The third-order valence-electron chi connectivity index (χ3n) is 3.83. The number of para-hydroxylation sites is 1. The van der Waals surface area contributed by atoms with E-state index in [4.69, 9.17) is 19.3 Å². The lowest BCUT2D eigenvalue weighted by molar-refractivity contribution is -0.158. The zero-order valence-electron chi connectivity index (χ0n) is 12.7. The second-order valence-electron chi connectivity index (χ2n) is 5.29. The van der Waals surface area contributed by atoms with Gasteiger partial charge in [0, 0.05) is 12.1 Å². The molecular weight excluding hydrogens is 302 g/mol. The Morgan fingerprint density at radius 2 is 2.22 bits per heavy atom. The van der Waals surface area contributed by atoms with Crippen LogP contribution in [-0.4, -0.2) is 61.4 Å². The fourth-order valence-corrected chi connectivity index (χ4v) is 2.65. The first-order valence-electron chi connectivity index (χ1n) is 7.24. The highest BCUT2D eigenvalue weighted by Gasteiger charge is 2.31. The molecule has 122 valence electrons. The van der Waals surface area contributed by atoms with Gasteiger partial charge >= 0.3 is 5.97 Å². The van der Waals surface area contributed by atoms with Crippen LogP contribution in [0.25, 0.3) is 6.08 Å². The summed E-state index contributed by atoms with van der Waals surface area (Å²) < 4.78 is 16.0. The molecule has 0 saturated carbocycles. The van der Waals surface area contributed by atoms with E-state index in [0.717, 1.165) is 5.56 Å². The van der Waals surface area contributed by atoms with Crippen molar-refractivity contribution in [2.45, 2.75) is 6.10 Å². The van der Waals surface area contributed by atoms with Crippen molar-refractivity contribution < 1.29 is 28.9 Å². The fraction of sp³-hybridized carbons (Fsp3) is 0.375. The van der Waals surface area contributed by atoms with E-state index in [2.05, 4.69) is 0 Å². The Labute approximate surface area is 133 Å². The van der Waals surface area contributed by atoms with Crippen LogP contribution in [0.15, 0.2) is 23.8 Å². The first kappa shape index (κ1) is 15.4. The van der Waals surface area contributed by atoms with Crippen LogP contribution in [0.5, 0.6) is 11.5 Å². The van der Waals surface area contributed by atoms with E-state index >= 15 is 0 Å². The van der Waals surface area contributed by atoms with Gasteiger partial charge in [-0.2, -0.15) is 0 Å². The van der Waals surface area contributed by atoms with Crippen LogP contribution in [0.4, 0.5) is 0 Å². The fourth-order valence-electron chi connectivity index (χ4n) is 2.65. The molecule has 0 spiro atoms. The lowest BCUT2D eigenvalue weighted by Crippen LogP contribution is -2.49. The van der Waals surface area contributed by atoms with Gasteiger partial charge in [-0.15, -0.1) is 0 Å². The molecular formula is C16H17NO6. The smallest absolute Gasteiger partial charge is 0.334 e. The maximum absolute atomic E-state index is 12.6. The molecule has 7 heteroatoms. The Morgan fingerprint density at radius 3 is 2.96 bits per heavy atom. The molecule has 1 aromatic rings. The zero-order chi connectivity index (χ0) is 16.4. The number of benzene rings is 1. The summed E-state index contributed by atoms with van der Waals surface area (Å²) in [5.41, 5.74) is 1.25. The Bertz CT molecular complexity index is 669. The van der Waals surface area contributed by atoms with Gasteiger partial charge in [-0.1, -0.05) is 12.1 Å². The molecule has 0 aliphatic carbocycles. The van der Waals surface area contributed by atoms with Crippen LogP contribution in [-0.2, 0) is 14.3 Å². The molecule has 1 fully saturated rings. The van der Waals surface area contributed by atoms with Crippen molar-refractivity contribution in [1.82, 2.24) is 4.90 Å². The summed E-state index contributed by atoms with van der Waals surface area (Å²) in [7, 11) is 1.56. The van der Waals surface area contributed by atoms with Gasteiger partial charge in [-0.3, -0.25) is 4.79 Å². The summed E-state index contributed by atoms with van der Waals surface area (Å²) in [5, 5.41) is 9.02. The van der Waals surface area contributed by atoms with Gasteiger partial charge < -0.3 is 24.2 Å². The zero-order valence-corrected chi connectivity index (χ0v) is 12.7. The highest BCUT2D eigenvalue weighted by atomic mass is 16.5. The minimum Gasteiger partial charge on any atom is -0.493 e. The molecule has 0 radical (unpaired) electrons. The molecule has 2 heterocycles. The number of aliphatic carboxylic acids is 1. The maximum atomic E-state index is 12.6. The Kier molecular flexibility index (Phi) is 4.20. The number of carbonyl (C=O) groups excluding carboxylic acids is 1. The number of ether oxygens (including phenoxy) is 3. The Balaban J connectivity index is 1.80. The van der Waals surface area contributed by atoms with Crippen LogP contribution < -0.4 is 9.47 Å². The number of carboxylic acid groups (broad SMARTS) is 1. The number of fused-ring (bicyclic) bond motifs is 1. The van der Waals surface area contributed by atoms with E-state index in [0.29, 0.717) is 23.6 Å². The van der Waals surface area contributed by atoms with Crippen molar-refractivity contribution in [1.29, 1.82) is 0 Å². The standard InChI is InChI=1S/C16H17NO6/c1-21-12-4-2-3-10-7-11(9-23-14(10)12)15(18)17-5-6-22-13(8-17)16(19)20/h2-4,7,13H,5-6,8-9H2,1H3,(H,19,20)/t13-/m1/s1. The number of morpholine rings is 1. The van der Waals surface area contributed by atoms with E-state index in [1.807, 2.05) is 12.1 Å². The number of hydrogen-bond donors (Lipinski definition) is 1. The Morgan fingerprint density at radius 1 is 1.39 bits per heavy atom. The molecule has 2 aliphatic heterocycles. The molecule has 3 rings (SSSR count). The normalized spacial score (nSPS) is 20.1. The number of carbonyl (C=O) groups is 2. The van der Waals surface area contributed by atoms with Crippen molar-refractivity contribution in [3.8, 4) is 11.5 Å². The molecule has 1 aromatic carbocycles. The van der Waals surface area contributed by atoms with E-state index < -0.39 is 12.1 Å². The number of nitrogens with zero attached hydrogens (tertiary/aromatic N) is 1. The summed E-state index contributed by atoms with van der Waals surface area (Å²) in [6.07, 6.45) is 0.778. The van der Waals surface area contributed by atoms with Gasteiger partial charge in [-0.05, 0) is 12.1 Å². The second-order valence-corrected chi connectivity index (χ2v) is 5.29. The van der Waals surface area contributed by atoms with Crippen molar-refractivity contribution in [2.75, 3.05) is 33.4 Å². The Hall–Kier alpha value is -2.54. The summed E-state index contributed by atoms with van der Waals surface area (Å²) >= 11 is 0.